The molecule has 0 aromatic rings. The molecule has 2 fully saturated rings. The summed E-state index contributed by atoms with van der Waals surface area (Å²) in [6.45, 7) is 3.95. The highest BCUT2D eigenvalue weighted by molar-refractivity contribution is 6.04. The molecule has 2 aliphatic rings. The molecule has 2 nitrogen and oxygen atoms in total. The Kier molecular flexibility index (Phi) is 1.31. The predicted molar refractivity (Wildman–Crippen MR) is 44.6 cm³/mol. The summed E-state index contributed by atoms with van der Waals surface area (Å²) >= 11 is 0. The van der Waals surface area contributed by atoms with Crippen LogP contribution in [0.15, 0.2) is 0 Å². The second kappa shape index (κ2) is 1.98. The first-order chi connectivity index (χ1) is 5.53. The third kappa shape index (κ3) is 0.661. The summed E-state index contributed by atoms with van der Waals surface area (Å²) in [5, 5.41) is 0. The number of rotatable bonds is 1. The van der Waals surface area contributed by atoms with E-state index in [9.17, 15) is 9.59 Å². The second-order valence-electron chi connectivity index (χ2n) is 4.76. The Morgan fingerprint density at radius 1 is 1.50 bits per heavy atom. The predicted octanol–water partition coefficient (Wildman–Crippen LogP) is 1.58. The van der Waals surface area contributed by atoms with Crippen molar-refractivity contribution >= 4 is 12.1 Å². The van der Waals surface area contributed by atoms with Crippen molar-refractivity contribution in [1.29, 1.82) is 0 Å². The number of carbonyl (C=O) groups is 2. The molecule has 0 heterocycles. The van der Waals surface area contributed by atoms with E-state index < -0.39 is 5.41 Å². The topological polar surface area (TPSA) is 34.1 Å². The third-order valence-electron chi connectivity index (χ3n) is 3.83. The van der Waals surface area contributed by atoms with E-state index in [1.165, 1.54) is 0 Å². The Labute approximate surface area is 72.3 Å². The van der Waals surface area contributed by atoms with Crippen molar-refractivity contribution in [1.82, 2.24) is 0 Å². The van der Waals surface area contributed by atoms with Crippen molar-refractivity contribution in [2.24, 2.45) is 16.7 Å². The van der Waals surface area contributed by atoms with Gasteiger partial charge in [0.15, 0.2) is 5.78 Å². The maximum Gasteiger partial charge on any atom is 0.151 e. The molecule has 0 saturated heterocycles. The minimum atomic E-state index is -0.575. The minimum absolute atomic E-state index is 0.182. The number of fused-ring (bicyclic) bond motifs is 2. The van der Waals surface area contributed by atoms with Crippen LogP contribution < -0.4 is 0 Å². The Morgan fingerprint density at radius 3 is 2.50 bits per heavy atom. The summed E-state index contributed by atoms with van der Waals surface area (Å²) in [6.07, 6.45) is 3.55. The number of hydrogen-bond acceptors (Lipinski definition) is 2. The van der Waals surface area contributed by atoms with E-state index in [0.717, 1.165) is 25.5 Å². The van der Waals surface area contributed by atoms with Gasteiger partial charge in [0.25, 0.3) is 0 Å². The van der Waals surface area contributed by atoms with Gasteiger partial charge in [-0.05, 0) is 25.2 Å². The lowest BCUT2D eigenvalue weighted by Crippen LogP contribution is -2.37. The highest BCUT2D eigenvalue weighted by Gasteiger charge is 2.61. The lowest BCUT2D eigenvalue weighted by molar-refractivity contribution is -0.139. The van der Waals surface area contributed by atoms with E-state index in [2.05, 4.69) is 0 Å². The van der Waals surface area contributed by atoms with Gasteiger partial charge in [0.05, 0.1) is 5.41 Å². The zero-order valence-electron chi connectivity index (χ0n) is 7.59. The van der Waals surface area contributed by atoms with Crippen LogP contribution in [0.2, 0.25) is 0 Å². The molecular formula is C10H14O2. The van der Waals surface area contributed by atoms with Gasteiger partial charge in [-0.1, -0.05) is 13.8 Å². The van der Waals surface area contributed by atoms with Crippen LogP contribution in [0, 0.1) is 16.7 Å². The van der Waals surface area contributed by atoms with Crippen molar-refractivity contribution < 1.29 is 9.59 Å². The first-order valence-electron chi connectivity index (χ1n) is 4.54. The normalized spacial score (nSPS) is 43.5. The Hall–Kier alpha value is -0.660. The summed E-state index contributed by atoms with van der Waals surface area (Å²) in [6, 6.07) is 0. The minimum Gasteiger partial charge on any atom is -0.302 e. The van der Waals surface area contributed by atoms with Crippen LogP contribution in [0.1, 0.15) is 33.1 Å². The average molecular weight is 166 g/mol. The molecule has 0 aromatic carbocycles. The fourth-order valence-electron chi connectivity index (χ4n) is 2.89. The van der Waals surface area contributed by atoms with Gasteiger partial charge in [0, 0.05) is 5.41 Å². The summed E-state index contributed by atoms with van der Waals surface area (Å²) in [5.41, 5.74) is -0.812. The smallest absolute Gasteiger partial charge is 0.151 e. The van der Waals surface area contributed by atoms with Crippen LogP contribution in [-0.2, 0) is 9.59 Å². The molecule has 0 amide bonds. The lowest BCUT2D eigenvalue weighted by Gasteiger charge is -2.30. The molecule has 66 valence electrons. The van der Waals surface area contributed by atoms with Crippen LogP contribution >= 0.6 is 0 Å². The van der Waals surface area contributed by atoms with E-state index in [1.54, 1.807) is 0 Å². The molecule has 0 aliphatic heterocycles. The number of hydrogen-bond donors (Lipinski definition) is 0. The van der Waals surface area contributed by atoms with Gasteiger partial charge < -0.3 is 4.79 Å². The van der Waals surface area contributed by atoms with E-state index in [-0.39, 0.29) is 11.2 Å². The van der Waals surface area contributed by atoms with Crippen LogP contribution in [0.4, 0.5) is 0 Å². The van der Waals surface area contributed by atoms with Crippen molar-refractivity contribution in [2.75, 3.05) is 0 Å². The highest BCUT2D eigenvalue weighted by Crippen LogP contribution is 2.58. The zero-order chi connectivity index (χ0) is 8.98. The maximum atomic E-state index is 11.8. The first-order valence-corrected chi connectivity index (χ1v) is 4.54. The van der Waals surface area contributed by atoms with Gasteiger partial charge in [0.1, 0.15) is 6.29 Å². The SMILES string of the molecule is CC1(C)C(=O)[C@@]2(C=O)CC[C@H]1C2. The molecule has 2 aliphatic carbocycles. The summed E-state index contributed by atoms with van der Waals surface area (Å²) in [4.78, 5) is 22.7. The Bertz CT molecular complexity index is 255. The van der Waals surface area contributed by atoms with Gasteiger partial charge in [0.2, 0.25) is 0 Å². The third-order valence-corrected chi connectivity index (χ3v) is 3.83. The zero-order valence-corrected chi connectivity index (χ0v) is 7.59. The number of Topliss-reactive ketones (excluding diaryl/α,β-unsaturated/α-hetero) is 1. The van der Waals surface area contributed by atoms with Crippen molar-refractivity contribution in [3.8, 4) is 0 Å². The Morgan fingerprint density at radius 2 is 2.17 bits per heavy atom. The van der Waals surface area contributed by atoms with Crippen LogP contribution in [-0.4, -0.2) is 12.1 Å². The van der Waals surface area contributed by atoms with Crippen molar-refractivity contribution in [3.05, 3.63) is 0 Å². The molecule has 2 heteroatoms. The first kappa shape index (κ1) is 7.96. The summed E-state index contributed by atoms with van der Waals surface area (Å²) in [5.74, 6) is 0.636. The maximum absolute atomic E-state index is 11.8. The Balaban J connectivity index is 2.44. The van der Waals surface area contributed by atoms with Crippen LogP contribution in [0.3, 0.4) is 0 Å². The molecular weight excluding hydrogens is 152 g/mol. The van der Waals surface area contributed by atoms with Gasteiger partial charge in [-0.15, -0.1) is 0 Å². The molecule has 0 N–H and O–H groups in total. The second-order valence-corrected chi connectivity index (χ2v) is 4.76. The van der Waals surface area contributed by atoms with Gasteiger partial charge >= 0.3 is 0 Å². The molecule has 0 unspecified atom stereocenters. The number of aldehydes is 1. The monoisotopic (exact) mass is 166 g/mol. The van der Waals surface area contributed by atoms with Gasteiger partial charge in [-0.25, -0.2) is 0 Å². The van der Waals surface area contributed by atoms with Gasteiger partial charge in [-0.3, -0.25) is 4.79 Å². The number of carbonyl (C=O) groups excluding carboxylic acids is 2. The largest absolute Gasteiger partial charge is 0.302 e. The van der Waals surface area contributed by atoms with Crippen LogP contribution in [0.5, 0.6) is 0 Å². The van der Waals surface area contributed by atoms with Crippen LogP contribution in [0.25, 0.3) is 0 Å². The van der Waals surface area contributed by atoms with E-state index in [1.807, 2.05) is 13.8 Å². The lowest BCUT2D eigenvalue weighted by atomic mass is 9.71. The van der Waals surface area contributed by atoms with Gasteiger partial charge in [-0.2, -0.15) is 0 Å². The molecule has 0 radical (unpaired) electrons. The van der Waals surface area contributed by atoms with E-state index >= 15 is 0 Å². The summed E-state index contributed by atoms with van der Waals surface area (Å²) in [7, 11) is 0. The molecule has 0 aromatic heterocycles. The average Bonchev–Trinajstić information content (AvgIpc) is 2.53. The fraction of sp³-hybridized carbons (Fsp3) is 0.800. The fourth-order valence-corrected chi connectivity index (χ4v) is 2.89. The summed E-state index contributed by atoms with van der Waals surface area (Å²) < 4.78 is 0. The van der Waals surface area contributed by atoms with E-state index in [0.29, 0.717) is 5.92 Å². The molecule has 2 rings (SSSR count). The molecule has 0 spiro atoms. The quantitative estimate of drug-likeness (QED) is 0.438. The molecule has 2 bridgehead atoms. The van der Waals surface area contributed by atoms with Crippen molar-refractivity contribution in [3.63, 3.8) is 0 Å². The standard InChI is InChI=1S/C10H14O2/c1-9(2)7-3-4-10(5-7,6-11)8(9)12/h6-7H,3-5H2,1-2H3/t7-,10-/m0/s1. The van der Waals surface area contributed by atoms with Crippen molar-refractivity contribution in [2.45, 2.75) is 33.1 Å². The molecule has 2 atom stereocenters. The molecule has 2 saturated carbocycles. The molecule has 12 heavy (non-hydrogen) atoms. The number of ketones is 1. The highest BCUT2D eigenvalue weighted by atomic mass is 16.1. The van der Waals surface area contributed by atoms with E-state index in [4.69, 9.17) is 0 Å².